The summed E-state index contributed by atoms with van der Waals surface area (Å²) in [6, 6.07) is 3.83. The lowest BCUT2D eigenvalue weighted by atomic mass is 9.98. The van der Waals surface area contributed by atoms with Crippen molar-refractivity contribution in [1.82, 2.24) is 9.80 Å². The Balaban J connectivity index is 2.02. The van der Waals surface area contributed by atoms with E-state index in [2.05, 4.69) is 11.8 Å². The van der Waals surface area contributed by atoms with Gasteiger partial charge in [0.05, 0.1) is 5.57 Å². The quantitative estimate of drug-likeness (QED) is 0.784. The molecule has 2 aliphatic rings. The molecule has 2 aliphatic heterocycles. The molecular weight excluding hydrogens is 272 g/mol. The molecule has 0 unspecified atom stereocenters. The molecule has 0 spiro atoms. The molecule has 0 bridgehead atoms. The molecule has 106 valence electrons. The van der Waals surface area contributed by atoms with Gasteiger partial charge in [0.15, 0.2) is 0 Å². The molecule has 0 atom stereocenters. The number of amides is 2. The van der Waals surface area contributed by atoms with Crippen LogP contribution in [0.2, 0.25) is 0 Å². The van der Waals surface area contributed by atoms with Gasteiger partial charge in [-0.25, -0.2) is 0 Å². The van der Waals surface area contributed by atoms with Crippen LogP contribution in [0, 0.1) is 5.92 Å². The average molecular weight is 290 g/mol. The van der Waals surface area contributed by atoms with Crippen molar-refractivity contribution < 1.29 is 9.59 Å². The fourth-order valence-corrected chi connectivity index (χ4v) is 3.56. The third kappa shape index (κ3) is 2.06. The number of rotatable bonds is 2. The smallest absolute Gasteiger partial charge is 0.277 e. The summed E-state index contributed by atoms with van der Waals surface area (Å²) < 4.78 is 0. The zero-order valence-corrected chi connectivity index (χ0v) is 12.6. The maximum atomic E-state index is 12.4. The Bertz CT molecular complexity index is 569. The van der Waals surface area contributed by atoms with Gasteiger partial charge in [-0.1, -0.05) is 13.0 Å². The maximum absolute atomic E-state index is 12.4. The number of carbonyl (C=O) groups excluding carboxylic acids is 2. The Kier molecular flexibility index (Phi) is 3.38. The lowest BCUT2D eigenvalue weighted by molar-refractivity contribution is -0.136. The highest BCUT2D eigenvalue weighted by Gasteiger charge is 2.40. The molecule has 2 amide bonds. The first-order valence-electron chi connectivity index (χ1n) is 6.95. The summed E-state index contributed by atoms with van der Waals surface area (Å²) in [4.78, 5) is 29.0. The van der Waals surface area contributed by atoms with Crippen molar-refractivity contribution in [3.05, 3.63) is 28.1 Å². The van der Waals surface area contributed by atoms with Gasteiger partial charge >= 0.3 is 0 Å². The molecule has 0 aromatic carbocycles. The van der Waals surface area contributed by atoms with Crippen molar-refractivity contribution in [3.8, 4) is 0 Å². The molecule has 1 fully saturated rings. The molecule has 0 N–H and O–H groups in total. The van der Waals surface area contributed by atoms with E-state index in [-0.39, 0.29) is 11.8 Å². The van der Waals surface area contributed by atoms with Crippen LogP contribution in [0.4, 0.5) is 0 Å². The third-order valence-corrected chi connectivity index (χ3v) is 5.02. The summed E-state index contributed by atoms with van der Waals surface area (Å²) in [5.41, 5.74) is 1.19. The van der Waals surface area contributed by atoms with Crippen LogP contribution in [0.3, 0.4) is 0 Å². The van der Waals surface area contributed by atoms with Crippen molar-refractivity contribution in [2.45, 2.75) is 19.8 Å². The van der Waals surface area contributed by atoms with Crippen LogP contribution in [0.5, 0.6) is 0 Å². The minimum atomic E-state index is -0.175. The highest BCUT2D eigenvalue weighted by Crippen LogP contribution is 2.34. The Morgan fingerprint density at radius 1 is 1.20 bits per heavy atom. The first-order chi connectivity index (χ1) is 9.59. The largest absolute Gasteiger partial charge is 0.366 e. The van der Waals surface area contributed by atoms with Gasteiger partial charge in [-0.15, -0.1) is 11.3 Å². The van der Waals surface area contributed by atoms with Gasteiger partial charge in [-0.3, -0.25) is 14.5 Å². The SMILES string of the molecule is CC1CCN(C2=C(c3cccs3)C(=O)N(C)C2=O)CC1. The van der Waals surface area contributed by atoms with Crippen LogP contribution < -0.4 is 0 Å². The van der Waals surface area contributed by atoms with E-state index in [1.165, 1.54) is 16.2 Å². The number of piperidine rings is 1. The van der Waals surface area contributed by atoms with Gasteiger partial charge in [0.25, 0.3) is 11.8 Å². The number of likely N-dealkylation sites (tertiary alicyclic amines) is 1. The number of likely N-dealkylation sites (N-methyl/N-ethyl adjacent to an activating group) is 1. The van der Waals surface area contributed by atoms with Crippen molar-refractivity contribution in [2.24, 2.45) is 5.92 Å². The van der Waals surface area contributed by atoms with E-state index in [9.17, 15) is 9.59 Å². The first kappa shape index (κ1) is 13.4. The van der Waals surface area contributed by atoms with Gasteiger partial charge in [-0.05, 0) is 30.2 Å². The normalized spacial score (nSPS) is 21.3. The maximum Gasteiger partial charge on any atom is 0.277 e. The van der Waals surface area contributed by atoms with Crippen LogP contribution in [0.25, 0.3) is 5.57 Å². The minimum Gasteiger partial charge on any atom is -0.366 e. The van der Waals surface area contributed by atoms with E-state index in [0.717, 1.165) is 30.8 Å². The number of nitrogens with zero attached hydrogens (tertiary/aromatic N) is 2. The minimum absolute atomic E-state index is 0.159. The summed E-state index contributed by atoms with van der Waals surface area (Å²) in [5.74, 6) is 0.362. The zero-order chi connectivity index (χ0) is 14.3. The molecule has 0 saturated carbocycles. The van der Waals surface area contributed by atoms with Crippen LogP contribution in [-0.4, -0.2) is 41.8 Å². The van der Waals surface area contributed by atoms with Crippen LogP contribution >= 0.6 is 11.3 Å². The van der Waals surface area contributed by atoms with Gasteiger partial charge in [0.2, 0.25) is 0 Å². The molecule has 1 saturated heterocycles. The highest BCUT2D eigenvalue weighted by atomic mass is 32.1. The van der Waals surface area contributed by atoms with E-state index in [4.69, 9.17) is 0 Å². The number of hydrogen-bond acceptors (Lipinski definition) is 4. The number of hydrogen-bond donors (Lipinski definition) is 0. The van der Waals surface area contributed by atoms with Crippen molar-refractivity contribution in [1.29, 1.82) is 0 Å². The van der Waals surface area contributed by atoms with Crippen LogP contribution in [0.1, 0.15) is 24.6 Å². The Morgan fingerprint density at radius 2 is 1.90 bits per heavy atom. The fraction of sp³-hybridized carbons (Fsp3) is 0.467. The molecule has 1 aromatic heterocycles. The molecule has 0 radical (unpaired) electrons. The summed E-state index contributed by atoms with van der Waals surface area (Å²) in [5, 5.41) is 1.94. The third-order valence-electron chi connectivity index (χ3n) is 4.13. The second kappa shape index (κ2) is 5.05. The summed E-state index contributed by atoms with van der Waals surface area (Å²) in [6.07, 6.45) is 2.15. The Hall–Kier alpha value is -1.62. The lowest BCUT2D eigenvalue weighted by Crippen LogP contribution is -2.37. The van der Waals surface area contributed by atoms with Crippen LogP contribution in [0.15, 0.2) is 23.2 Å². The Labute approximate surface area is 122 Å². The zero-order valence-electron chi connectivity index (χ0n) is 11.8. The molecular formula is C15H18N2O2S. The van der Waals surface area contributed by atoms with Crippen molar-refractivity contribution >= 4 is 28.7 Å². The molecule has 4 nitrogen and oxygen atoms in total. The highest BCUT2D eigenvalue weighted by molar-refractivity contribution is 7.11. The molecule has 3 heterocycles. The summed E-state index contributed by atoms with van der Waals surface area (Å²) in [6.45, 7) is 3.95. The molecule has 3 rings (SSSR count). The molecule has 0 aliphatic carbocycles. The fourth-order valence-electron chi connectivity index (χ4n) is 2.80. The first-order valence-corrected chi connectivity index (χ1v) is 7.83. The van der Waals surface area contributed by atoms with E-state index >= 15 is 0 Å². The second-order valence-electron chi connectivity index (χ2n) is 5.54. The van der Waals surface area contributed by atoms with Gasteiger partial charge < -0.3 is 4.90 Å². The van der Waals surface area contributed by atoms with Gasteiger partial charge in [0.1, 0.15) is 5.70 Å². The Morgan fingerprint density at radius 3 is 2.50 bits per heavy atom. The second-order valence-corrected chi connectivity index (χ2v) is 6.49. The lowest BCUT2D eigenvalue weighted by Gasteiger charge is -2.32. The average Bonchev–Trinajstić information content (AvgIpc) is 3.03. The standard InChI is InChI=1S/C15H18N2O2S/c1-10-5-7-17(8-6-10)13-12(11-4-3-9-20-11)14(18)16(2)15(13)19/h3-4,9-10H,5-8H2,1-2H3. The van der Waals surface area contributed by atoms with Crippen molar-refractivity contribution in [3.63, 3.8) is 0 Å². The molecule has 1 aromatic rings. The number of thiophene rings is 1. The van der Waals surface area contributed by atoms with E-state index in [0.29, 0.717) is 17.2 Å². The monoisotopic (exact) mass is 290 g/mol. The van der Waals surface area contributed by atoms with Crippen molar-refractivity contribution in [2.75, 3.05) is 20.1 Å². The summed E-state index contributed by atoms with van der Waals surface area (Å²) >= 11 is 1.51. The van der Waals surface area contributed by atoms with E-state index in [1.807, 2.05) is 17.5 Å². The number of carbonyl (C=O) groups is 2. The number of imide groups is 1. The topological polar surface area (TPSA) is 40.6 Å². The predicted octanol–water partition coefficient (Wildman–Crippen LogP) is 2.19. The predicted molar refractivity (Wildman–Crippen MR) is 79.0 cm³/mol. The molecule has 5 heteroatoms. The summed E-state index contributed by atoms with van der Waals surface area (Å²) in [7, 11) is 1.57. The van der Waals surface area contributed by atoms with Crippen LogP contribution in [-0.2, 0) is 9.59 Å². The van der Waals surface area contributed by atoms with Gasteiger partial charge in [0, 0.05) is 25.0 Å². The van der Waals surface area contributed by atoms with E-state index < -0.39 is 0 Å². The van der Waals surface area contributed by atoms with E-state index in [1.54, 1.807) is 7.05 Å². The van der Waals surface area contributed by atoms with Gasteiger partial charge in [-0.2, -0.15) is 0 Å². The molecule has 20 heavy (non-hydrogen) atoms.